The summed E-state index contributed by atoms with van der Waals surface area (Å²) in [5, 5.41) is 3.32. The Kier molecular flexibility index (Phi) is 4.96. The molecule has 1 spiro atoms. The molecule has 7 nitrogen and oxygen atoms in total. The number of aryl methyl sites for hydroxylation is 1. The van der Waals surface area contributed by atoms with E-state index in [0.717, 1.165) is 48.6 Å². The number of rotatable bonds is 5. The number of benzene rings is 1. The summed E-state index contributed by atoms with van der Waals surface area (Å²) in [6.07, 6.45) is 6.46. The minimum Gasteiger partial charge on any atom is -0.376 e. The molecule has 1 unspecified atom stereocenters. The maximum atomic E-state index is 13.6. The van der Waals surface area contributed by atoms with E-state index in [-0.39, 0.29) is 11.2 Å². The number of anilines is 1. The van der Waals surface area contributed by atoms with E-state index in [1.807, 2.05) is 30.1 Å². The first-order valence-corrected chi connectivity index (χ1v) is 10.2. The highest BCUT2D eigenvalue weighted by Gasteiger charge is 2.44. The van der Waals surface area contributed by atoms with Crippen molar-refractivity contribution >= 4 is 5.95 Å². The maximum Gasteiger partial charge on any atom is 0.223 e. The molecule has 5 rings (SSSR count). The molecule has 0 aliphatic carbocycles. The lowest BCUT2D eigenvalue weighted by Gasteiger charge is -2.34. The van der Waals surface area contributed by atoms with Gasteiger partial charge >= 0.3 is 0 Å². The second-order valence-electron chi connectivity index (χ2n) is 8.28. The third-order valence-corrected chi connectivity index (χ3v) is 6.07. The molecule has 0 saturated carbocycles. The number of ether oxygens (including phenoxy) is 1. The number of hydrogen-bond donors (Lipinski definition) is 1. The van der Waals surface area contributed by atoms with Gasteiger partial charge in [0.1, 0.15) is 5.82 Å². The van der Waals surface area contributed by atoms with E-state index in [2.05, 4.69) is 20.2 Å². The van der Waals surface area contributed by atoms with Crippen LogP contribution in [0.2, 0.25) is 0 Å². The Morgan fingerprint density at radius 2 is 2.23 bits per heavy atom. The van der Waals surface area contributed by atoms with Crippen LogP contribution < -0.4 is 5.32 Å². The van der Waals surface area contributed by atoms with Crippen molar-refractivity contribution in [3.63, 3.8) is 0 Å². The first kappa shape index (κ1) is 19.1. The van der Waals surface area contributed by atoms with Crippen LogP contribution >= 0.6 is 0 Å². The lowest BCUT2D eigenvalue weighted by molar-refractivity contribution is 0.0503. The van der Waals surface area contributed by atoms with Gasteiger partial charge in [0.15, 0.2) is 0 Å². The zero-order chi connectivity index (χ0) is 20.6. The van der Waals surface area contributed by atoms with Crippen molar-refractivity contribution in [3.8, 4) is 0 Å². The van der Waals surface area contributed by atoms with E-state index in [1.54, 1.807) is 18.5 Å². The Balaban J connectivity index is 1.34. The van der Waals surface area contributed by atoms with Crippen molar-refractivity contribution in [1.29, 1.82) is 0 Å². The number of fused-ring (bicyclic) bond motifs is 2. The van der Waals surface area contributed by atoms with Gasteiger partial charge in [0.25, 0.3) is 0 Å². The highest BCUT2D eigenvalue weighted by molar-refractivity contribution is 5.37. The predicted octanol–water partition coefficient (Wildman–Crippen LogP) is 2.64. The standard InChI is InChI=1S/C22H25FN6O/c1-28-15-24-9-19(28)10-26-21-25-8-17-12-30-14-22(20(17)27-21)5-6-29(13-22)11-16-3-2-4-18(23)7-16/h2-4,7-9,15H,5-6,10-14H2,1H3,(H,25,26,27). The first-order chi connectivity index (χ1) is 14.6. The zero-order valence-corrected chi connectivity index (χ0v) is 17.0. The van der Waals surface area contributed by atoms with E-state index in [1.165, 1.54) is 6.07 Å². The Morgan fingerprint density at radius 3 is 3.07 bits per heavy atom. The van der Waals surface area contributed by atoms with E-state index < -0.39 is 0 Å². The molecule has 0 radical (unpaired) electrons. The number of nitrogens with one attached hydrogen (secondary N) is 1. The van der Waals surface area contributed by atoms with Gasteiger partial charge in [0, 0.05) is 38.1 Å². The summed E-state index contributed by atoms with van der Waals surface area (Å²) >= 11 is 0. The Bertz CT molecular complexity index is 1050. The Morgan fingerprint density at radius 1 is 1.30 bits per heavy atom. The van der Waals surface area contributed by atoms with Gasteiger partial charge in [-0.05, 0) is 30.7 Å². The molecule has 0 bridgehead atoms. The summed E-state index contributed by atoms with van der Waals surface area (Å²) in [4.78, 5) is 15.9. The van der Waals surface area contributed by atoms with Crippen LogP contribution in [0.3, 0.4) is 0 Å². The number of hydrogen-bond acceptors (Lipinski definition) is 6. The monoisotopic (exact) mass is 408 g/mol. The molecular weight excluding hydrogens is 383 g/mol. The van der Waals surface area contributed by atoms with Crippen LogP contribution in [0.1, 0.15) is 28.9 Å². The largest absolute Gasteiger partial charge is 0.376 e. The van der Waals surface area contributed by atoms with Crippen molar-refractivity contribution in [2.24, 2.45) is 7.05 Å². The minimum atomic E-state index is -0.190. The number of likely N-dealkylation sites (tertiary alicyclic amines) is 1. The molecule has 156 valence electrons. The molecule has 2 aliphatic rings. The van der Waals surface area contributed by atoms with Crippen LogP contribution in [0.4, 0.5) is 10.3 Å². The van der Waals surface area contributed by atoms with Crippen LogP contribution in [0, 0.1) is 5.82 Å². The molecule has 2 aliphatic heterocycles. The van der Waals surface area contributed by atoms with Crippen LogP contribution in [0.15, 0.2) is 43.0 Å². The number of aromatic nitrogens is 4. The van der Waals surface area contributed by atoms with Gasteiger partial charge in [-0.3, -0.25) is 4.90 Å². The van der Waals surface area contributed by atoms with Gasteiger partial charge < -0.3 is 14.6 Å². The molecule has 30 heavy (non-hydrogen) atoms. The summed E-state index contributed by atoms with van der Waals surface area (Å²) < 4.78 is 21.5. The molecule has 2 aromatic heterocycles. The van der Waals surface area contributed by atoms with Gasteiger partial charge in [-0.15, -0.1) is 0 Å². The molecule has 1 atom stereocenters. The van der Waals surface area contributed by atoms with Gasteiger partial charge in [-0.2, -0.15) is 0 Å². The molecule has 0 amide bonds. The minimum absolute atomic E-state index is 0.146. The third kappa shape index (κ3) is 3.68. The molecule has 8 heteroatoms. The summed E-state index contributed by atoms with van der Waals surface area (Å²) in [6, 6.07) is 6.83. The number of imidazole rings is 1. The maximum absolute atomic E-state index is 13.6. The lowest BCUT2D eigenvalue weighted by atomic mass is 9.80. The molecule has 3 aromatic rings. The van der Waals surface area contributed by atoms with E-state index in [0.29, 0.717) is 25.7 Å². The lowest BCUT2D eigenvalue weighted by Crippen LogP contribution is -2.40. The summed E-state index contributed by atoms with van der Waals surface area (Å²) in [5.41, 5.74) is 4.05. The van der Waals surface area contributed by atoms with Crippen molar-refractivity contribution in [1.82, 2.24) is 24.4 Å². The summed E-state index contributed by atoms with van der Waals surface area (Å²) in [7, 11) is 1.97. The van der Waals surface area contributed by atoms with E-state index in [4.69, 9.17) is 9.72 Å². The third-order valence-electron chi connectivity index (χ3n) is 6.07. The second-order valence-corrected chi connectivity index (χ2v) is 8.28. The molecule has 1 aromatic carbocycles. The smallest absolute Gasteiger partial charge is 0.223 e. The van der Waals surface area contributed by atoms with E-state index >= 15 is 0 Å². The normalized spacial score (nSPS) is 21.1. The first-order valence-electron chi connectivity index (χ1n) is 10.2. The summed E-state index contributed by atoms with van der Waals surface area (Å²) in [6.45, 7) is 4.31. The SMILES string of the molecule is Cn1cncc1CNc1ncc2c(n1)C1(CCN(Cc3cccc(F)c3)C1)COC2. The van der Waals surface area contributed by atoms with Gasteiger partial charge in [-0.1, -0.05) is 12.1 Å². The average Bonchev–Trinajstić information content (AvgIpc) is 3.33. The fourth-order valence-corrected chi connectivity index (χ4v) is 4.50. The van der Waals surface area contributed by atoms with Crippen LogP contribution in [0.5, 0.6) is 0 Å². The Labute approximate surface area is 174 Å². The fraction of sp³-hybridized carbons (Fsp3) is 0.409. The quantitative estimate of drug-likeness (QED) is 0.700. The molecular formula is C22H25FN6O. The van der Waals surface area contributed by atoms with E-state index in [9.17, 15) is 4.39 Å². The van der Waals surface area contributed by atoms with Gasteiger partial charge in [0.05, 0.1) is 42.9 Å². The predicted molar refractivity (Wildman–Crippen MR) is 110 cm³/mol. The van der Waals surface area contributed by atoms with Gasteiger partial charge in [-0.25, -0.2) is 19.3 Å². The second kappa shape index (κ2) is 7.77. The average molecular weight is 408 g/mol. The number of halogens is 1. The fourth-order valence-electron chi connectivity index (χ4n) is 4.50. The van der Waals surface area contributed by atoms with Crippen LogP contribution in [-0.4, -0.2) is 44.1 Å². The topological polar surface area (TPSA) is 68.1 Å². The van der Waals surface area contributed by atoms with Gasteiger partial charge in [0.2, 0.25) is 5.95 Å². The number of nitrogens with zero attached hydrogens (tertiary/aromatic N) is 5. The molecule has 1 saturated heterocycles. The van der Waals surface area contributed by atoms with Crippen molar-refractivity contribution < 1.29 is 9.13 Å². The molecule has 4 heterocycles. The van der Waals surface area contributed by atoms with Crippen molar-refractivity contribution in [2.75, 3.05) is 25.0 Å². The van der Waals surface area contributed by atoms with Crippen molar-refractivity contribution in [3.05, 3.63) is 71.3 Å². The zero-order valence-electron chi connectivity index (χ0n) is 17.0. The molecule has 1 N–H and O–H groups in total. The highest BCUT2D eigenvalue weighted by Crippen LogP contribution is 2.39. The van der Waals surface area contributed by atoms with Crippen LogP contribution in [0.25, 0.3) is 0 Å². The summed E-state index contributed by atoms with van der Waals surface area (Å²) in [5.74, 6) is 0.435. The van der Waals surface area contributed by atoms with Crippen LogP contribution in [-0.2, 0) is 36.9 Å². The Hall–Kier alpha value is -2.84. The molecule has 1 fully saturated rings. The highest BCUT2D eigenvalue weighted by atomic mass is 19.1. The van der Waals surface area contributed by atoms with Crippen molar-refractivity contribution in [2.45, 2.75) is 31.5 Å².